The summed E-state index contributed by atoms with van der Waals surface area (Å²) in [5.41, 5.74) is 2.17. The Kier molecular flexibility index (Phi) is 4.11. The predicted molar refractivity (Wildman–Crippen MR) is 77.1 cm³/mol. The average Bonchev–Trinajstić information content (AvgIpc) is 2.37. The number of anilines is 1. The Balaban J connectivity index is 2.18. The van der Waals surface area contributed by atoms with Crippen LogP contribution in [0.5, 0.6) is 0 Å². The first-order valence-electron chi connectivity index (χ1n) is 5.66. The molecule has 6 heteroatoms. The highest BCUT2D eigenvalue weighted by molar-refractivity contribution is 9.10. The van der Waals surface area contributed by atoms with Gasteiger partial charge in [0.1, 0.15) is 4.47 Å². The molecule has 0 aliphatic rings. The molecule has 0 aliphatic carbocycles. The topological polar surface area (TPSA) is 68.1 Å². The molecular weight excluding hydrogens is 310 g/mol. The van der Waals surface area contributed by atoms with Crippen LogP contribution in [-0.2, 0) is 6.54 Å². The molecule has 1 aromatic carbocycles. The van der Waals surface area contributed by atoms with Gasteiger partial charge < -0.3 is 5.32 Å². The first-order valence-corrected chi connectivity index (χ1v) is 6.45. The van der Waals surface area contributed by atoms with Gasteiger partial charge in [0.15, 0.2) is 0 Å². The quantitative estimate of drug-likeness (QED) is 0.689. The molecule has 0 bridgehead atoms. The molecule has 0 aliphatic heterocycles. The fourth-order valence-electron chi connectivity index (χ4n) is 1.63. The molecule has 0 radical (unpaired) electrons. The number of halogens is 1. The summed E-state index contributed by atoms with van der Waals surface area (Å²) in [5.74, 6) is 0.264. The minimum absolute atomic E-state index is 0.0467. The number of hydrogen-bond donors (Lipinski definition) is 1. The molecule has 0 spiro atoms. The summed E-state index contributed by atoms with van der Waals surface area (Å²) in [6.07, 6.45) is 1.52. The zero-order chi connectivity index (χ0) is 13.8. The summed E-state index contributed by atoms with van der Waals surface area (Å²) in [5, 5.41) is 14.0. The van der Waals surface area contributed by atoms with Crippen LogP contribution in [0, 0.1) is 17.0 Å². The van der Waals surface area contributed by atoms with Crippen molar-refractivity contribution in [3.63, 3.8) is 0 Å². The highest BCUT2D eigenvalue weighted by atomic mass is 79.9. The van der Waals surface area contributed by atoms with Gasteiger partial charge in [-0.05, 0) is 34.5 Å². The van der Waals surface area contributed by atoms with Crippen molar-refractivity contribution >= 4 is 27.4 Å². The van der Waals surface area contributed by atoms with E-state index in [0.717, 1.165) is 5.56 Å². The zero-order valence-electron chi connectivity index (χ0n) is 10.3. The average molecular weight is 322 g/mol. The lowest BCUT2D eigenvalue weighted by Crippen LogP contribution is -2.05. The van der Waals surface area contributed by atoms with E-state index in [2.05, 4.69) is 26.2 Å². The van der Waals surface area contributed by atoms with Crippen molar-refractivity contribution in [2.45, 2.75) is 13.5 Å². The van der Waals surface area contributed by atoms with Crippen molar-refractivity contribution in [1.29, 1.82) is 0 Å². The Bertz CT molecular complexity index is 599. The molecule has 0 amide bonds. The van der Waals surface area contributed by atoms with Gasteiger partial charge in [0.2, 0.25) is 5.82 Å². The van der Waals surface area contributed by atoms with Gasteiger partial charge in [-0.3, -0.25) is 10.1 Å². The Hall–Kier alpha value is -1.95. The number of nitrogens with one attached hydrogen (secondary N) is 1. The number of nitro groups is 1. The molecule has 0 atom stereocenters. The van der Waals surface area contributed by atoms with E-state index in [-0.39, 0.29) is 11.5 Å². The van der Waals surface area contributed by atoms with Gasteiger partial charge >= 0.3 is 5.69 Å². The smallest absolute Gasteiger partial charge is 0.325 e. The Labute approximate surface area is 119 Å². The third kappa shape index (κ3) is 3.29. The fraction of sp³-hybridized carbons (Fsp3) is 0.154. The highest BCUT2D eigenvalue weighted by Gasteiger charge is 2.19. The Morgan fingerprint density at radius 1 is 1.32 bits per heavy atom. The van der Waals surface area contributed by atoms with Crippen molar-refractivity contribution in [1.82, 2.24) is 4.98 Å². The second-order valence-corrected chi connectivity index (χ2v) is 4.94. The molecule has 0 saturated heterocycles. The zero-order valence-corrected chi connectivity index (χ0v) is 11.8. The van der Waals surface area contributed by atoms with Crippen LogP contribution in [0.25, 0.3) is 0 Å². The van der Waals surface area contributed by atoms with Gasteiger partial charge in [-0.1, -0.05) is 29.8 Å². The molecule has 2 rings (SSSR count). The van der Waals surface area contributed by atoms with Gasteiger partial charge in [0, 0.05) is 12.7 Å². The summed E-state index contributed by atoms with van der Waals surface area (Å²) in [6.45, 7) is 2.50. The van der Waals surface area contributed by atoms with Gasteiger partial charge in [0.25, 0.3) is 0 Å². The van der Waals surface area contributed by atoms with Crippen LogP contribution in [0.3, 0.4) is 0 Å². The monoisotopic (exact) mass is 321 g/mol. The number of benzene rings is 1. The predicted octanol–water partition coefficient (Wildman–Crippen LogP) is 3.67. The lowest BCUT2D eigenvalue weighted by molar-refractivity contribution is -0.385. The first-order chi connectivity index (χ1) is 9.08. The molecule has 98 valence electrons. The molecule has 1 heterocycles. The van der Waals surface area contributed by atoms with Crippen LogP contribution in [-0.4, -0.2) is 9.91 Å². The number of nitrogens with zero attached hydrogens (tertiary/aromatic N) is 2. The Morgan fingerprint density at radius 2 is 2.00 bits per heavy atom. The minimum atomic E-state index is -0.450. The SMILES string of the molecule is Cc1ccc(CNc2nccc(Br)c2[N+](=O)[O-])cc1. The molecule has 19 heavy (non-hydrogen) atoms. The summed E-state index contributed by atoms with van der Waals surface area (Å²) in [7, 11) is 0. The van der Waals surface area contributed by atoms with Crippen molar-refractivity contribution in [2.24, 2.45) is 0 Å². The highest BCUT2D eigenvalue weighted by Crippen LogP contribution is 2.30. The van der Waals surface area contributed by atoms with Gasteiger partial charge in [-0.2, -0.15) is 0 Å². The molecule has 1 N–H and O–H groups in total. The fourth-order valence-corrected chi connectivity index (χ4v) is 2.08. The maximum absolute atomic E-state index is 11.0. The minimum Gasteiger partial charge on any atom is -0.360 e. The third-order valence-corrected chi connectivity index (χ3v) is 3.28. The van der Waals surface area contributed by atoms with Crippen LogP contribution in [0.2, 0.25) is 0 Å². The van der Waals surface area contributed by atoms with Crippen LogP contribution < -0.4 is 5.32 Å². The van der Waals surface area contributed by atoms with E-state index in [4.69, 9.17) is 0 Å². The number of rotatable bonds is 4. The third-order valence-electron chi connectivity index (χ3n) is 2.64. The van der Waals surface area contributed by atoms with Crippen molar-refractivity contribution < 1.29 is 4.92 Å². The van der Waals surface area contributed by atoms with Crippen molar-refractivity contribution in [3.05, 3.63) is 62.2 Å². The normalized spacial score (nSPS) is 10.2. The molecule has 0 fully saturated rings. The molecular formula is C13H12BrN3O2. The summed E-state index contributed by atoms with van der Waals surface area (Å²) in [6, 6.07) is 9.51. The van der Waals surface area contributed by atoms with Crippen molar-refractivity contribution in [3.8, 4) is 0 Å². The standard InChI is InChI=1S/C13H12BrN3O2/c1-9-2-4-10(5-3-9)8-16-13-12(17(18)19)11(14)6-7-15-13/h2-7H,8H2,1H3,(H,15,16). The van der Waals surface area contributed by atoms with E-state index in [1.807, 2.05) is 31.2 Å². The van der Waals surface area contributed by atoms with Gasteiger partial charge in [0.05, 0.1) is 4.92 Å². The summed E-state index contributed by atoms with van der Waals surface area (Å²) < 4.78 is 0.416. The van der Waals surface area contributed by atoms with Gasteiger partial charge in [-0.15, -0.1) is 0 Å². The summed E-state index contributed by atoms with van der Waals surface area (Å²) >= 11 is 3.16. The number of hydrogen-bond acceptors (Lipinski definition) is 4. The van der Waals surface area contributed by atoms with Crippen LogP contribution in [0.1, 0.15) is 11.1 Å². The maximum Gasteiger partial charge on any atom is 0.325 e. The Morgan fingerprint density at radius 3 is 2.63 bits per heavy atom. The molecule has 0 unspecified atom stereocenters. The van der Waals surface area contributed by atoms with Crippen LogP contribution in [0.4, 0.5) is 11.5 Å². The second kappa shape index (κ2) is 5.79. The molecule has 5 nitrogen and oxygen atoms in total. The maximum atomic E-state index is 11.0. The molecule has 0 saturated carbocycles. The van der Waals surface area contributed by atoms with E-state index in [9.17, 15) is 10.1 Å². The van der Waals surface area contributed by atoms with E-state index >= 15 is 0 Å². The van der Waals surface area contributed by atoms with Crippen molar-refractivity contribution in [2.75, 3.05) is 5.32 Å². The lowest BCUT2D eigenvalue weighted by Gasteiger charge is -2.07. The second-order valence-electron chi connectivity index (χ2n) is 4.09. The van der Waals surface area contributed by atoms with Crippen LogP contribution in [0.15, 0.2) is 41.0 Å². The van der Waals surface area contributed by atoms with E-state index < -0.39 is 4.92 Å². The van der Waals surface area contributed by atoms with Gasteiger partial charge in [-0.25, -0.2) is 4.98 Å². The van der Waals surface area contributed by atoms with E-state index in [0.29, 0.717) is 11.0 Å². The molecule has 2 aromatic rings. The summed E-state index contributed by atoms with van der Waals surface area (Å²) in [4.78, 5) is 14.6. The molecule has 1 aromatic heterocycles. The largest absolute Gasteiger partial charge is 0.360 e. The number of aryl methyl sites for hydroxylation is 1. The van der Waals surface area contributed by atoms with Crippen LogP contribution >= 0.6 is 15.9 Å². The number of pyridine rings is 1. The number of aromatic nitrogens is 1. The lowest BCUT2D eigenvalue weighted by atomic mass is 10.1. The first kappa shape index (κ1) is 13.5. The van der Waals surface area contributed by atoms with E-state index in [1.165, 1.54) is 11.8 Å². The van der Waals surface area contributed by atoms with E-state index in [1.54, 1.807) is 6.07 Å².